The van der Waals surface area contributed by atoms with E-state index in [0.29, 0.717) is 12.1 Å². The fourth-order valence-electron chi connectivity index (χ4n) is 3.24. The van der Waals surface area contributed by atoms with Crippen LogP contribution < -0.4 is 5.32 Å². The Bertz CT molecular complexity index is 788. The van der Waals surface area contributed by atoms with Crippen LogP contribution in [0.15, 0.2) is 60.7 Å². The van der Waals surface area contributed by atoms with E-state index in [0.717, 1.165) is 38.4 Å². The molecule has 0 bridgehead atoms. The number of nitrogens with zero attached hydrogens (tertiary/aromatic N) is 2. The molecule has 1 atom stereocenters. The fraction of sp³-hybridized carbons (Fsp3) is 0.348. The lowest BCUT2D eigenvalue weighted by Crippen LogP contribution is -2.48. The largest absolute Gasteiger partial charge is 0.390 e. The van der Waals surface area contributed by atoms with Gasteiger partial charge in [-0.15, -0.1) is 11.6 Å². The number of benzene rings is 2. The summed E-state index contributed by atoms with van der Waals surface area (Å²) in [5.41, 5.74) is 2.75. The summed E-state index contributed by atoms with van der Waals surface area (Å²) in [6, 6.07) is 17.6. The van der Waals surface area contributed by atoms with Gasteiger partial charge in [-0.3, -0.25) is 9.69 Å². The molecule has 2 aromatic carbocycles. The second kappa shape index (κ2) is 11.0. The Balaban J connectivity index is 1.44. The van der Waals surface area contributed by atoms with E-state index in [-0.39, 0.29) is 11.8 Å². The smallest absolute Gasteiger partial charge is 0.253 e. The molecule has 0 radical (unpaired) electrons. The van der Waals surface area contributed by atoms with Crippen LogP contribution in [0.5, 0.6) is 0 Å². The minimum Gasteiger partial charge on any atom is -0.390 e. The minimum absolute atomic E-state index is 0.0665. The molecule has 0 spiro atoms. The Kier molecular flexibility index (Phi) is 8.11. The lowest BCUT2D eigenvalue weighted by atomic mass is 10.1. The number of hydrogen-bond donors (Lipinski definition) is 2. The zero-order valence-electron chi connectivity index (χ0n) is 16.5. The van der Waals surface area contributed by atoms with Gasteiger partial charge >= 0.3 is 0 Å². The molecule has 3 rings (SSSR count). The number of aliphatic hydroxyl groups is 1. The van der Waals surface area contributed by atoms with Crippen LogP contribution in [-0.4, -0.2) is 72.1 Å². The van der Waals surface area contributed by atoms with Crippen LogP contribution in [0.3, 0.4) is 0 Å². The molecule has 2 aromatic rings. The van der Waals surface area contributed by atoms with E-state index in [1.807, 2.05) is 47.4 Å². The Labute approximate surface area is 177 Å². The first-order chi connectivity index (χ1) is 14.2. The van der Waals surface area contributed by atoms with E-state index in [1.165, 1.54) is 5.56 Å². The van der Waals surface area contributed by atoms with E-state index in [9.17, 15) is 9.90 Å². The summed E-state index contributed by atoms with van der Waals surface area (Å²) in [6.07, 6.45) is 3.73. The van der Waals surface area contributed by atoms with Crippen molar-refractivity contribution >= 4 is 29.3 Å². The van der Waals surface area contributed by atoms with Crippen molar-refractivity contribution in [2.75, 3.05) is 50.5 Å². The number of piperazine rings is 1. The number of alkyl halides is 1. The molecule has 2 N–H and O–H groups in total. The van der Waals surface area contributed by atoms with Gasteiger partial charge in [0.25, 0.3) is 5.91 Å². The van der Waals surface area contributed by atoms with Gasteiger partial charge in [0, 0.05) is 50.5 Å². The Morgan fingerprint density at radius 3 is 2.41 bits per heavy atom. The third kappa shape index (κ3) is 6.60. The van der Waals surface area contributed by atoms with E-state index in [2.05, 4.69) is 34.5 Å². The highest BCUT2D eigenvalue weighted by atomic mass is 35.5. The highest BCUT2D eigenvalue weighted by molar-refractivity contribution is 6.18. The van der Waals surface area contributed by atoms with Crippen molar-refractivity contribution in [3.05, 3.63) is 71.8 Å². The van der Waals surface area contributed by atoms with Gasteiger partial charge in [-0.1, -0.05) is 42.5 Å². The number of amides is 1. The number of rotatable bonds is 8. The maximum Gasteiger partial charge on any atom is 0.253 e. The standard InChI is InChI=1S/C23H28ClN3O2/c24-17-22(28)18-25-21-10-8-20(9-11-21)23(29)27-15-13-26(14-16-27)12-4-7-19-5-2-1-3-6-19/h1-11,22,25,28H,12-18H2. The van der Waals surface area contributed by atoms with Crippen molar-refractivity contribution in [2.24, 2.45) is 0 Å². The molecule has 1 aliphatic heterocycles. The molecule has 154 valence electrons. The van der Waals surface area contributed by atoms with E-state index in [1.54, 1.807) is 0 Å². The first kappa shape index (κ1) is 21.4. The second-order valence-corrected chi connectivity index (χ2v) is 7.48. The van der Waals surface area contributed by atoms with Gasteiger partial charge in [0.1, 0.15) is 0 Å². The summed E-state index contributed by atoms with van der Waals surface area (Å²) in [5.74, 6) is 0.259. The van der Waals surface area contributed by atoms with Crippen molar-refractivity contribution in [2.45, 2.75) is 6.10 Å². The van der Waals surface area contributed by atoms with Crippen LogP contribution in [-0.2, 0) is 0 Å². The topological polar surface area (TPSA) is 55.8 Å². The average Bonchev–Trinajstić information content (AvgIpc) is 2.78. The van der Waals surface area contributed by atoms with Gasteiger partial charge in [-0.05, 0) is 29.8 Å². The third-order valence-corrected chi connectivity index (χ3v) is 5.34. The number of carbonyl (C=O) groups is 1. The van der Waals surface area contributed by atoms with Crippen molar-refractivity contribution in [1.82, 2.24) is 9.80 Å². The zero-order valence-corrected chi connectivity index (χ0v) is 17.3. The predicted molar refractivity (Wildman–Crippen MR) is 119 cm³/mol. The van der Waals surface area contributed by atoms with Crippen LogP contribution in [0.2, 0.25) is 0 Å². The molecule has 5 nitrogen and oxygen atoms in total. The van der Waals surface area contributed by atoms with Crippen molar-refractivity contribution in [3.8, 4) is 0 Å². The highest BCUT2D eigenvalue weighted by Crippen LogP contribution is 2.13. The molecule has 1 saturated heterocycles. The van der Waals surface area contributed by atoms with Crippen molar-refractivity contribution in [1.29, 1.82) is 0 Å². The molecule has 0 saturated carbocycles. The van der Waals surface area contributed by atoms with Gasteiger partial charge in [0.05, 0.1) is 12.0 Å². The summed E-state index contributed by atoms with van der Waals surface area (Å²) in [6.45, 7) is 4.50. The maximum absolute atomic E-state index is 12.7. The SMILES string of the molecule is O=C(c1ccc(NCC(O)CCl)cc1)N1CCN(CC=Cc2ccccc2)CC1. The molecule has 0 aromatic heterocycles. The maximum atomic E-state index is 12.7. The first-order valence-corrected chi connectivity index (χ1v) is 10.5. The number of halogens is 1. The minimum atomic E-state index is -0.586. The summed E-state index contributed by atoms with van der Waals surface area (Å²) in [4.78, 5) is 17.0. The molecule has 1 unspecified atom stereocenters. The van der Waals surface area contributed by atoms with Crippen LogP contribution >= 0.6 is 11.6 Å². The summed E-state index contributed by atoms with van der Waals surface area (Å²) in [5, 5.41) is 12.6. The van der Waals surface area contributed by atoms with Crippen molar-refractivity contribution in [3.63, 3.8) is 0 Å². The van der Waals surface area contributed by atoms with Gasteiger partial charge < -0.3 is 15.3 Å². The fourth-order valence-corrected chi connectivity index (χ4v) is 3.35. The normalized spacial score (nSPS) is 16.1. The lowest BCUT2D eigenvalue weighted by molar-refractivity contribution is 0.0650. The van der Waals surface area contributed by atoms with Crippen LogP contribution in [0.1, 0.15) is 15.9 Å². The van der Waals surface area contributed by atoms with Crippen LogP contribution in [0, 0.1) is 0 Å². The number of carbonyl (C=O) groups excluding carboxylic acids is 1. The summed E-state index contributed by atoms with van der Waals surface area (Å²) >= 11 is 5.59. The number of nitrogens with one attached hydrogen (secondary N) is 1. The number of aliphatic hydroxyl groups excluding tert-OH is 1. The summed E-state index contributed by atoms with van der Waals surface area (Å²) < 4.78 is 0. The van der Waals surface area contributed by atoms with Gasteiger partial charge in [0.2, 0.25) is 0 Å². The van der Waals surface area contributed by atoms with Crippen LogP contribution in [0.4, 0.5) is 5.69 Å². The Morgan fingerprint density at radius 1 is 1.07 bits per heavy atom. The average molecular weight is 414 g/mol. The number of hydrogen-bond acceptors (Lipinski definition) is 4. The molecule has 1 amide bonds. The molecule has 6 heteroatoms. The molecule has 29 heavy (non-hydrogen) atoms. The molecule has 1 aliphatic rings. The highest BCUT2D eigenvalue weighted by Gasteiger charge is 2.21. The first-order valence-electron chi connectivity index (χ1n) is 9.97. The molecule has 1 fully saturated rings. The van der Waals surface area contributed by atoms with Gasteiger partial charge in [-0.25, -0.2) is 0 Å². The molecule has 1 heterocycles. The van der Waals surface area contributed by atoms with Gasteiger partial charge in [0.15, 0.2) is 0 Å². The quantitative estimate of drug-likeness (QED) is 0.653. The van der Waals surface area contributed by atoms with Gasteiger partial charge in [-0.2, -0.15) is 0 Å². The Hall–Kier alpha value is -2.34. The lowest BCUT2D eigenvalue weighted by Gasteiger charge is -2.34. The predicted octanol–water partition coefficient (Wildman–Crippen LogP) is 3.17. The van der Waals surface area contributed by atoms with Crippen LogP contribution in [0.25, 0.3) is 6.08 Å². The van der Waals surface area contributed by atoms with E-state index in [4.69, 9.17) is 11.6 Å². The summed E-state index contributed by atoms with van der Waals surface area (Å²) in [7, 11) is 0. The van der Waals surface area contributed by atoms with Crippen molar-refractivity contribution < 1.29 is 9.90 Å². The molecular formula is C23H28ClN3O2. The van der Waals surface area contributed by atoms with E-state index >= 15 is 0 Å². The Morgan fingerprint density at radius 2 is 1.76 bits per heavy atom. The zero-order chi connectivity index (χ0) is 20.5. The number of anilines is 1. The molecule has 0 aliphatic carbocycles. The third-order valence-electron chi connectivity index (χ3n) is 4.98. The monoisotopic (exact) mass is 413 g/mol. The van der Waals surface area contributed by atoms with E-state index < -0.39 is 6.10 Å². The second-order valence-electron chi connectivity index (χ2n) is 7.17. The molecular weight excluding hydrogens is 386 g/mol.